The maximum Gasteiger partial charge on any atom is 0.264 e. The molecule has 0 saturated carbocycles. The molecule has 4 aromatic rings. The Bertz CT molecular complexity index is 1700. The van der Waals surface area contributed by atoms with Crippen molar-refractivity contribution in [3.05, 3.63) is 131 Å². The number of amides is 2. The lowest BCUT2D eigenvalue weighted by Crippen LogP contribution is -2.54. The first-order valence-electron chi connectivity index (χ1n) is 14.7. The number of hydrogen-bond donors (Lipinski definition) is 1. The number of benzene rings is 4. The minimum absolute atomic E-state index is 0.00469. The Balaban J connectivity index is 1.81. The van der Waals surface area contributed by atoms with E-state index in [4.69, 9.17) is 11.6 Å². The van der Waals surface area contributed by atoms with Gasteiger partial charge in [-0.2, -0.15) is 0 Å². The van der Waals surface area contributed by atoms with E-state index in [0.29, 0.717) is 17.0 Å². The summed E-state index contributed by atoms with van der Waals surface area (Å²) in [6.45, 7) is 4.94. The van der Waals surface area contributed by atoms with Crippen molar-refractivity contribution in [3.63, 3.8) is 0 Å². The van der Waals surface area contributed by atoms with E-state index in [1.807, 2.05) is 44.2 Å². The second kappa shape index (κ2) is 15.2. The Kier molecular flexibility index (Phi) is 11.4. The molecule has 0 radical (unpaired) electrons. The van der Waals surface area contributed by atoms with E-state index in [-0.39, 0.29) is 35.5 Å². The molecule has 0 aliphatic carbocycles. The van der Waals surface area contributed by atoms with Crippen molar-refractivity contribution >= 4 is 39.1 Å². The van der Waals surface area contributed by atoms with Gasteiger partial charge in [-0.15, -0.1) is 0 Å². The standard InChI is InChI=1S/C35H37ClFN3O4S/c1-4-26(3)38-35(42)33(21-27-11-7-5-8-12-27)39(23-28-16-18-29(37)19-17-28)34(41)24-40(30-20-15-25(2)32(36)22-30)45(43,44)31-13-9-6-10-14-31/h5-20,22,26,33H,4,21,23-24H2,1-3H3,(H,38,42)/t26-,33+/m1/s1. The van der Waals surface area contributed by atoms with E-state index in [0.717, 1.165) is 15.4 Å². The molecule has 0 fully saturated rings. The van der Waals surface area contributed by atoms with Crippen molar-refractivity contribution in [1.29, 1.82) is 0 Å². The molecule has 0 aliphatic heterocycles. The summed E-state index contributed by atoms with van der Waals surface area (Å²) in [5.41, 5.74) is 2.34. The Morgan fingerprint density at radius 3 is 2.11 bits per heavy atom. The number of halogens is 2. The van der Waals surface area contributed by atoms with E-state index in [1.165, 1.54) is 35.2 Å². The normalized spacial score (nSPS) is 12.6. The van der Waals surface area contributed by atoms with Crippen LogP contribution in [0.5, 0.6) is 0 Å². The van der Waals surface area contributed by atoms with Crippen LogP contribution >= 0.6 is 11.6 Å². The Hall–Kier alpha value is -4.21. The molecule has 0 bridgehead atoms. The van der Waals surface area contributed by atoms with Gasteiger partial charge >= 0.3 is 0 Å². The predicted molar refractivity (Wildman–Crippen MR) is 176 cm³/mol. The maximum atomic E-state index is 14.5. The van der Waals surface area contributed by atoms with Gasteiger partial charge in [0.25, 0.3) is 10.0 Å². The highest BCUT2D eigenvalue weighted by molar-refractivity contribution is 7.92. The van der Waals surface area contributed by atoms with Crippen molar-refractivity contribution in [2.45, 2.75) is 57.1 Å². The van der Waals surface area contributed by atoms with Crippen LogP contribution in [-0.4, -0.2) is 43.8 Å². The van der Waals surface area contributed by atoms with E-state index in [1.54, 1.807) is 49.4 Å². The fourth-order valence-corrected chi connectivity index (χ4v) is 6.37. The van der Waals surface area contributed by atoms with Gasteiger partial charge in [0.15, 0.2) is 0 Å². The zero-order valence-corrected chi connectivity index (χ0v) is 27.1. The summed E-state index contributed by atoms with van der Waals surface area (Å²) in [6, 6.07) is 26.4. The number of anilines is 1. The van der Waals surface area contributed by atoms with Crippen LogP contribution in [0.15, 0.2) is 108 Å². The number of carbonyl (C=O) groups is 2. The van der Waals surface area contributed by atoms with Crippen molar-refractivity contribution in [1.82, 2.24) is 10.2 Å². The minimum Gasteiger partial charge on any atom is -0.352 e. The number of rotatable bonds is 13. The van der Waals surface area contributed by atoms with Crippen molar-refractivity contribution < 1.29 is 22.4 Å². The molecule has 4 aromatic carbocycles. The first-order valence-corrected chi connectivity index (χ1v) is 16.5. The third-order valence-electron chi connectivity index (χ3n) is 7.59. The fourth-order valence-electron chi connectivity index (χ4n) is 4.77. The van der Waals surface area contributed by atoms with E-state index in [2.05, 4.69) is 5.32 Å². The van der Waals surface area contributed by atoms with Crippen LogP contribution < -0.4 is 9.62 Å². The summed E-state index contributed by atoms with van der Waals surface area (Å²) in [4.78, 5) is 29.7. The van der Waals surface area contributed by atoms with Gasteiger partial charge in [0.2, 0.25) is 11.8 Å². The minimum atomic E-state index is -4.24. The highest BCUT2D eigenvalue weighted by atomic mass is 35.5. The molecule has 2 amide bonds. The number of nitrogens with zero attached hydrogens (tertiary/aromatic N) is 2. The topological polar surface area (TPSA) is 86.8 Å². The van der Waals surface area contributed by atoms with Gasteiger partial charge in [0.05, 0.1) is 10.6 Å². The fraction of sp³-hybridized carbons (Fsp3) is 0.257. The predicted octanol–water partition coefficient (Wildman–Crippen LogP) is 6.54. The van der Waals surface area contributed by atoms with Gasteiger partial charge in [-0.05, 0) is 73.4 Å². The molecular weight excluding hydrogens is 613 g/mol. The van der Waals surface area contributed by atoms with Crippen molar-refractivity contribution in [2.24, 2.45) is 0 Å². The van der Waals surface area contributed by atoms with Gasteiger partial charge in [-0.1, -0.05) is 85.3 Å². The molecule has 0 heterocycles. The number of nitrogens with one attached hydrogen (secondary N) is 1. The Morgan fingerprint density at radius 2 is 1.51 bits per heavy atom. The molecule has 0 aliphatic rings. The van der Waals surface area contributed by atoms with Gasteiger partial charge in [0.1, 0.15) is 18.4 Å². The zero-order chi connectivity index (χ0) is 32.6. The van der Waals surface area contributed by atoms with Crippen molar-refractivity contribution in [3.8, 4) is 0 Å². The van der Waals surface area contributed by atoms with E-state index < -0.39 is 34.3 Å². The average Bonchev–Trinajstić information content (AvgIpc) is 3.04. The molecule has 0 aromatic heterocycles. The molecule has 1 N–H and O–H groups in total. The first kappa shape index (κ1) is 33.7. The van der Waals surface area contributed by atoms with Crippen LogP contribution in [0.3, 0.4) is 0 Å². The van der Waals surface area contributed by atoms with Crippen LogP contribution in [0.2, 0.25) is 5.02 Å². The Labute approximate surface area is 269 Å². The third kappa shape index (κ3) is 8.71. The van der Waals surface area contributed by atoms with Crippen LogP contribution in [0.4, 0.5) is 10.1 Å². The highest BCUT2D eigenvalue weighted by Crippen LogP contribution is 2.29. The van der Waals surface area contributed by atoms with E-state index >= 15 is 0 Å². The lowest BCUT2D eigenvalue weighted by Gasteiger charge is -2.34. The van der Waals surface area contributed by atoms with E-state index in [9.17, 15) is 22.4 Å². The van der Waals surface area contributed by atoms with Crippen molar-refractivity contribution in [2.75, 3.05) is 10.8 Å². The van der Waals surface area contributed by atoms with Gasteiger partial charge in [-0.25, -0.2) is 12.8 Å². The molecule has 2 atom stereocenters. The summed E-state index contributed by atoms with van der Waals surface area (Å²) < 4.78 is 42.9. The second-order valence-electron chi connectivity index (χ2n) is 10.9. The molecular formula is C35H37ClFN3O4S. The SMILES string of the molecule is CC[C@@H](C)NC(=O)[C@H](Cc1ccccc1)N(Cc1ccc(F)cc1)C(=O)CN(c1ccc(C)c(Cl)c1)S(=O)(=O)c1ccccc1. The second-order valence-corrected chi connectivity index (χ2v) is 13.2. The largest absolute Gasteiger partial charge is 0.352 e. The highest BCUT2D eigenvalue weighted by Gasteiger charge is 2.35. The molecule has 0 unspecified atom stereocenters. The molecule has 0 saturated heterocycles. The molecule has 7 nitrogen and oxygen atoms in total. The molecule has 0 spiro atoms. The number of carbonyl (C=O) groups excluding carboxylic acids is 2. The summed E-state index contributed by atoms with van der Waals surface area (Å²) in [7, 11) is -4.24. The molecule has 236 valence electrons. The van der Waals surface area contributed by atoms with Crippen LogP contribution in [0, 0.1) is 12.7 Å². The summed E-state index contributed by atoms with van der Waals surface area (Å²) >= 11 is 6.42. The van der Waals surface area contributed by atoms with Gasteiger partial charge in [-0.3, -0.25) is 13.9 Å². The molecule has 45 heavy (non-hydrogen) atoms. The summed E-state index contributed by atoms with van der Waals surface area (Å²) in [5.74, 6) is -1.43. The molecule has 10 heteroatoms. The lowest BCUT2D eigenvalue weighted by atomic mass is 10.0. The summed E-state index contributed by atoms with van der Waals surface area (Å²) in [5, 5.41) is 3.33. The zero-order valence-electron chi connectivity index (χ0n) is 25.5. The quantitative estimate of drug-likeness (QED) is 0.178. The number of hydrogen-bond acceptors (Lipinski definition) is 4. The van der Waals surface area contributed by atoms with Crippen LogP contribution in [0.25, 0.3) is 0 Å². The Morgan fingerprint density at radius 1 is 0.889 bits per heavy atom. The van der Waals surface area contributed by atoms with Gasteiger partial charge < -0.3 is 10.2 Å². The molecule has 4 rings (SSSR count). The third-order valence-corrected chi connectivity index (χ3v) is 9.79. The smallest absolute Gasteiger partial charge is 0.264 e. The van der Waals surface area contributed by atoms with Gasteiger partial charge in [0, 0.05) is 24.0 Å². The summed E-state index contributed by atoms with van der Waals surface area (Å²) in [6.07, 6.45) is 0.852. The monoisotopic (exact) mass is 649 g/mol. The van der Waals surface area contributed by atoms with Crippen LogP contribution in [0.1, 0.15) is 37.0 Å². The van der Waals surface area contributed by atoms with Crippen LogP contribution in [-0.2, 0) is 32.6 Å². The maximum absolute atomic E-state index is 14.5. The lowest BCUT2D eigenvalue weighted by molar-refractivity contribution is -0.140. The average molecular weight is 650 g/mol. The number of aryl methyl sites for hydroxylation is 1. The number of sulfonamides is 1. The first-order chi connectivity index (χ1) is 21.5.